The molecule has 3 nitrogen and oxygen atoms in total. The van der Waals surface area contributed by atoms with Gasteiger partial charge >= 0.3 is 5.97 Å². The highest BCUT2D eigenvalue weighted by atomic mass is 32.1. The Bertz CT molecular complexity index is 243. The average molecular weight is 200 g/mol. The number of unbranched alkanes of at least 4 members (excludes halogenated alkanes) is 1. The van der Waals surface area contributed by atoms with Crippen molar-refractivity contribution in [1.29, 1.82) is 0 Å². The van der Waals surface area contributed by atoms with Crippen LogP contribution in [0.3, 0.4) is 0 Å². The Hall–Kier alpha value is -0.870. The Morgan fingerprint density at radius 3 is 3.00 bits per heavy atom. The smallest absolute Gasteiger partial charge is 0.338 e. The van der Waals surface area contributed by atoms with Crippen LogP contribution in [0, 0.1) is 0 Å². The normalized spacial score (nSPS) is 9.92. The van der Waals surface area contributed by atoms with Crippen molar-refractivity contribution < 1.29 is 14.6 Å². The zero-order valence-corrected chi connectivity index (χ0v) is 8.05. The quantitative estimate of drug-likeness (QED) is 0.581. The number of hydrogen-bond acceptors (Lipinski definition) is 4. The number of aliphatic hydroxyl groups excluding tert-OH is 1. The van der Waals surface area contributed by atoms with E-state index in [1.807, 2.05) is 5.38 Å². The first-order valence-corrected chi connectivity index (χ1v) is 5.09. The molecule has 72 valence electrons. The summed E-state index contributed by atoms with van der Waals surface area (Å²) in [5.74, 6) is -0.279. The van der Waals surface area contributed by atoms with E-state index in [4.69, 9.17) is 9.84 Å². The van der Waals surface area contributed by atoms with Crippen LogP contribution in [0.15, 0.2) is 16.8 Å². The maximum atomic E-state index is 11.2. The van der Waals surface area contributed by atoms with Crippen LogP contribution in [-0.4, -0.2) is 24.3 Å². The molecule has 0 unspecified atom stereocenters. The Morgan fingerprint density at radius 2 is 2.38 bits per heavy atom. The number of carbonyl (C=O) groups is 1. The van der Waals surface area contributed by atoms with Gasteiger partial charge in [0.05, 0.1) is 12.2 Å². The van der Waals surface area contributed by atoms with Crippen LogP contribution < -0.4 is 0 Å². The van der Waals surface area contributed by atoms with E-state index < -0.39 is 0 Å². The monoisotopic (exact) mass is 200 g/mol. The number of hydrogen-bond donors (Lipinski definition) is 1. The lowest BCUT2D eigenvalue weighted by molar-refractivity contribution is 0.0493. The summed E-state index contributed by atoms with van der Waals surface area (Å²) in [6.07, 6.45) is 1.39. The van der Waals surface area contributed by atoms with Crippen LogP contribution in [0.5, 0.6) is 0 Å². The molecule has 13 heavy (non-hydrogen) atoms. The van der Waals surface area contributed by atoms with E-state index in [-0.39, 0.29) is 12.6 Å². The van der Waals surface area contributed by atoms with Crippen molar-refractivity contribution in [2.75, 3.05) is 13.2 Å². The fourth-order valence-corrected chi connectivity index (χ4v) is 1.47. The van der Waals surface area contributed by atoms with Gasteiger partial charge in [0, 0.05) is 12.0 Å². The van der Waals surface area contributed by atoms with Gasteiger partial charge in [0.2, 0.25) is 0 Å². The van der Waals surface area contributed by atoms with Crippen LogP contribution in [0.2, 0.25) is 0 Å². The zero-order valence-electron chi connectivity index (χ0n) is 7.23. The highest BCUT2D eigenvalue weighted by molar-refractivity contribution is 7.08. The fourth-order valence-electron chi connectivity index (χ4n) is 0.843. The first-order valence-electron chi connectivity index (χ1n) is 4.15. The lowest BCUT2D eigenvalue weighted by Gasteiger charge is -2.01. The maximum Gasteiger partial charge on any atom is 0.338 e. The Labute approximate surface area is 81.0 Å². The highest BCUT2D eigenvalue weighted by Crippen LogP contribution is 2.07. The minimum Gasteiger partial charge on any atom is -0.462 e. The molecule has 0 atom stereocenters. The van der Waals surface area contributed by atoms with Crippen LogP contribution in [0.25, 0.3) is 0 Å². The molecule has 0 saturated heterocycles. The summed E-state index contributed by atoms with van der Waals surface area (Å²) >= 11 is 1.47. The van der Waals surface area contributed by atoms with E-state index in [1.165, 1.54) is 11.3 Å². The molecule has 1 rings (SSSR count). The molecule has 0 bridgehead atoms. The second-order valence-electron chi connectivity index (χ2n) is 2.58. The van der Waals surface area contributed by atoms with E-state index in [1.54, 1.807) is 11.4 Å². The second-order valence-corrected chi connectivity index (χ2v) is 3.36. The van der Waals surface area contributed by atoms with Crippen molar-refractivity contribution in [2.24, 2.45) is 0 Å². The fraction of sp³-hybridized carbons (Fsp3) is 0.444. The summed E-state index contributed by atoms with van der Waals surface area (Å²) in [5.41, 5.74) is 0.606. The molecule has 0 fully saturated rings. The van der Waals surface area contributed by atoms with Gasteiger partial charge in [0.25, 0.3) is 0 Å². The number of ether oxygens (including phenoxy) is 1. The first kappa shape index (κ1) is 10.2. The Kier molecular flexibility index (Phi) is 4.49. The summed E-state index contributed by atoms with van der Waals surface area (Å²) in [6, 6.07) is 1.74. The SMILES string of the molecule is O=C(OCCCCO)c1ccsc1. The predicted octanol–water partition coefficient (Wildman–Crippen LogP) is 1.68. The van der Waals surface area contributed by atoms with Gasteiger partial charge < -0.3 is 9.84 Å². The summed E-state index contributed by atoms with van der Waals surface area (Å²) in [7, 11) is 0. The number of carbonyl (C=O) groups excluding carboxylic acids is 1. The van der Waals surface area contributed by atoms with Gasteiger partial charge in [-0.25, -0.2) is 4.79 Å². The third-order valence-corrected chi connectivity index (χ3v) is 2.23. The molecule has 1 aromatic heterocycles. The van der Waals surface area contributed by atoms with Gasteiger partial charge in [0.15, 0.2) is 0 Å². The Balaban J connectivity index is 2.19. The average Bonchev–Trinajstić information content (AvgIpc) is 2.65. The molecule has 0 amide bonds. The maximum absolute atomic E-state index is 11.2. The summed E-state index contributed by atoms with van der Waals surface area (Å²) in [5, 5.41) is 12.1. The van der Waals surface area contributed by atoms with Crippen molar-refractivity contribution in [1.82, 2.24) is 0 Å². The van der Waals surface area contributed by atoms with Crippen LogP contribution in [-0.2, 0) is 4.74 Å². The second kappa shape index (κ2) is 5.72. The lowest BCUT2D eigenvalue weighted by atomic mass is 10.3. The van der Waals surface area contributed by atoms with E-state index in [2.05, 4.69) is 0 Å². The molecular weight excluding hydrogens is 188 g/mol. The molecule has 4 heteroatoms. The van der Waals surface area contributed by atoms with Gasteiger partial charge in [-0.3, -0.25) is 0 Å². The lowest BCUT2D eigenvalue weighted by Crippen LogP contribution is -2.05. The van der Waals surface area contributed by atoms with Gasteiger partial charge in [-0.1, -0.05) is 0 Å². The van der Waals surface area contributed by atoms with Gasteiger partial charge in [-0.15, -0.1) is 0 Å². The molecule has 1 heterocycles. The number of aliphatic hydroxyl groups is 1. The van der Waals surface area contributed by atoms with Crippen molar-refractivity contribution in [2.45, 2.75) is 12.8 Å². The van der Waals surface area contributed by atoms with Gasteiger partial charge in [-0.2, -0.15) is 11.3 Å². The number of rotatable bonds is 5. The molecule has 0 aliphatic heterocycles. The highest BCUT2D eigenvalue weighted by Gasteiger charge is 2.05. The van der Waals surface area contributed by atoms with Gasteiger partial charge in [-0.05, 0) is 24.3 Å². The van der Waals surface area contributed by atoms with Crippen molar-refractivity contribution in [3.05, 3.63) is 22.4 Å². The van der Waals surface area contributed by atoms with Crippen LogP contribution >= 0.6 is 11.3 Å². The number of esters is 1. The Morgan fingerprint density at radius 1 is 1.54 bits per heavy atom. The topological polar surface area (TPSA) is 46.5 Å². The molecule has 0 spiro atoms. The van der Waals surface area contributed by atoms with E-state index in [9.17, 15) is 4.79 Å². The van der Waals surface area contributed by atoms with Crippen LogP contribution in [0.4, 0.5) is 0 Å². The standard InChI is InChI=1S/C9H12O3S/c10-4-1-2-5-12-9(11)8-3-6-13-7-8/h3,6-7,10H,1-2,4-5H2. The summed E-state index contributed by atoms with van der Waals surface area (Å²) in [4.78, 5) is 11.2. The minimum atomic E-state index is -0.279. The van der Waals surface area contributed by atoms with E-state index >= 15 is 0 Å². The molecule has 1 aromatic rings. The molecule has 0 radical (unpaired) electrons. The molecule has 0 aliphatic rings. The third kappa shape index (κ3) is 3.57. The van der Waals surface area contributed by atoms with E-state index in [0.29, 0.717) is 25.0 Å². The van der Waals surface area contributed by atoms with Crippen molar-refractivity contribution in [3.63, 3.8) is 0 Å². The van der Waals surface area contributed by atoms with Crippen molar-refractivity contribution in [3.8, 4) is 0 Å². The molecule has 0 saturated carbocycles. The molecule has 0 aromatic carbocycles. The van der Waals surface area contributed by atoms with Crippen molar-refractivity contribution >= 4 is 17.3 Å². The zero-order chi connectivity index (χ0) is 9.52. The summed E-state index contributed by atoms with van der Waals surface area (Å²) < 4.78 is 4.95. The number of thiophene rings is 1. The molecular formula is C9H12O3S. The molecule has 1 N–H and O–H groups in total. The summed E-state index contributed by atoms with van der Waals surface area (Å²) in [6.45, 7) is 0.533. The predicted molar refractivity (Wildman–Crippen MR) is 50.9 cm³/mol. The van der Waals surface area contributed by atoms with Gasteiger partial charge in [0.1, 0.15) is 0 Å². The molecule has 0 aliphatic carbocycles. The van der Waals surface area contributed by atoms with Crippen LogP contribution in [0.1, 0.15) is 23.2 Å². The first-order chi connectivity index (χ1) is 6.34. The minimum absolute atomic E-state index is 0.149. The van der Waals surface area contributed by atoms with E-state index in [0.717, 1.165) is 0 Å². The largest absolute Gasteiger partial charge is 0.462 e. The third-order valence-electron chi connectivity index (χ3n) is 1.54.